The van der Waals surface area contributed by atoms with Crippen LogP contribution in [-0.2, 0) is 14.3 Å². The molecule has 2 unspecified atom stereocenters. The van der Waals surface area contributed by atoms with E-state index in [1.54, 1.807) is 13.8 Å². The number of carboxylic acid groups (broad SMARTS) is 1. The summed E-state index contributed by atoms with van der Waals surface area (Å²) in [6, 6.07) is 0. The van der Waals surface area contributed by atoms with Crippen molar-refractivity contribution in [2.24, 2.45) is 11.8 Å². The van der Waals surface area contributed by atoms with E-state index < -0.39 is 11.6 Å². The fourth-order valence-corrected chi connectivity index (χ4v) is 2.14. The van der Waals surface area contributed by atoms with Crippen LogP contribution in [-0.4, -0.2) is 36.2 Å². The van der Waals surface area contributed by atoms with Crippen LogP contribution in [0.5, 0.6) is 0 Å². The molecule has 98 valence electrons. The summed E-state index contributed by atoms with van der Waals surface area (Å²) in [6.45, 7) is 3.79. The molecule has 5 heteroatoms. The van der Waals surface area contributed by atoms with Crippen LogP contribution < -0.4 is 5.32 Å². The summed E-state index contributed by atoms with van der Waals surface area (Å²) >= 11 is 0. The molecule has 1 saturated carbocycles. The van der Waals surface area contributed by atoms with Crippen molar-refractivity contribution >= 4 is 11.9 Å². The first-order valence-corrected chi connectivity index (χ1v) is 5.94. The lowest BCUT2D eigenvalue weighted by Gasteiger charge is -2.24. The van der Waals surface area contributed by atoms with E-state index in [1.807, 2.05) is 0 Å². The van der Waals surface area contributed by atoms with E-state index in [4.69, 9.17) is 9.84 Å². The molecule has 0 heterocycles. The lowest BCUT2D eigenvalue weighted by molar-refractivity contribution is -0.144. The largest absolute Gasteiger partial charge is 0.481 e. The highest BCUT2D eigenvalue weighted by Gasteiger charge is 2.34. The monoisotopic (exact) mass is 243 g/mol. The second-order valence-electron chi connectivity index (χ2n) is 5.06. The Morgan fingerprint density at radius 1 is 1.41 bits per heavy atom. The standard InChI is InChI=1S/C12H21NO4/c1-12(2,17-3)11(16)13-7-8-5-4-6-9(8)10(14)15/h8-9H,4-7H2,1-3H3,(H,13,16)(H,14,15). The van der Waals surface area contributed by atoms with Crippen LogP contribution in [0.2, 0.25) is 0 Å². The van der Waals surface area contributed by atoms with E-state index in [1.165, 1.54) is 7.11 Å². The number of hydrogen-bond donors (Lipinski definition) is 2. The van der Waals surface area contributed by atoms with Crippen molar-refractivity contribution in [1.82, 2.24) is 5.32 Å². The van der Waals surface area contributed by atoms with Gasteiger partial charge in [-0.25, -0.2) is 0 Å². The summed E-state index contributed by atoms with van der Waals surface area (Å²) in [6.07, 6.45) is 2.50. The summed E-state index contributed by atoms with van der Waals surface area (Å²) in [4.78, 5) is 22.7. The minimum Gasteiger partial charge on any atom is -0.481 e. The molecule has 0 aromatic rings. The fourth-order valence-electron chi connectivity index (χ4n) is 2.14. The van der Waals surface area contributed by atoms with Crippen molar-refractivity contribution < 1.29 is 19.4 Å². The zero-order valence-electron chi connectivity index (χ0n) is 10.7. The first-order chi connectivity index (χ1) is 7.88. The highest BCUT2D eigenvalue weighted by Crippen LogP contribution is 2.31. The molecular formula is C12H21NO4. The van der Waals surface area contributed by atoms with E-state index >= 15 is 0 Å². The minimum atomic E-state index is -0.864. The lowest BCUT2D eigenvalue weighted by atomic mass is 9.96. The number of nitrogens with one attached hydrogen (secondary N) is 1. The summed E-state index contributed by atoms with van der Waals surface area (Å²) in [5, 5.41) is 11.8. The Hall–Kier alpha value is -1.10. The number of carbonyl (C=O) groups is 2. The average molecular weight is 243 g/mol. The van der Waals surface area contributed by atoms with Crippen molar-refractivity contribution in [3.05, 3.63) is 0 Å². The number of carbonyl (C=O) groups excluding carboxylic acids is 1. The molecular weight excluding hydrogens is 222 g/mol. The Morgan fingerprint density at radius 2 is 2.06 bits per heavy atom. The van der Waals surface area contributed by atoms with Crippen molar-refractivity contribution in [3.8, 4) is 0 Å². The minimum absolute atomic E-state index is 0.0455. The van der Waals surface area contributed by atoms with E-state index in [2.05, 4.69) is 5.32 Å². The SMILES string of the molecule is COC(C)(C)C(=O)NCC1CCCC1C(=O)O. The lowest BCUT2D eigenvalue weighted by Crippen LogP contribution is -2.45. The topological polar surface area (TPSA) is 75.6 Å². The third-order valence-corrected chi connectivity index (χ3v) is 3.56. The van der Waals surface area contributed by atoms with Gasteiger partial charge in [-0.05, 0) is 32.6 Å². The first kappa shape index (κ1) is 14.0. The van der Waals surface area contributed by atoms with E-state index in [9.17, 15) is 9.59 Å². The van der Waals surface area contributed by atoms with Crippen LogP contribution in [0.15, 0.2) is 0 Å². The molecule has 0 spiro atoms. The van der Waals surface area contributed by atoms with E-state index in [0.29, 0.717) is 13.0 Å². The molecule has 1 aliphatic rings. The molecule has 5 nitrogen and oxygen atoms in total. The first-order valence-electron chi connectivity index (χ1n) is 5.94. The fraction of sp³-hybridized carbons (Fsp3) is 0.833. The molecule has 1 amide bonds. The normalized spacial score (nSPS) is 24.6. The van der Waals surface area contributed by atoms with Crippen LogP contribution in [0.3, 0.4) is 0 Å². The van der Waals surface area contributed by atoms with Gasteiger partial charge in [-0.3, -0.25) is 9.59 Å². The molecule has 0 bridgehead atoms. The van der Waals surface area contributed by atoms with Gasteiger partial charge >= 0.3 is 5.97 Å². The van der Waals surface area contributed by atoms with Crippen LogP contribution >= 0.6 is 0 Å². The Morgan fingerprint density at radius 3 is 2.59 bits per heavy atom. The third kappa shape index (κ3) is 3.43. The van der Waals surface area contributed by atoms with Gasteiger partial charge in [0.2, 0.25) is 0 Å². The maximum atomic E-state index is 11.7. The second-order valence-corrected chi connectivity index (χ2v) is 5.06. The molecule has 2 atom stereocenters. The average Bonchev–Trinajstić information content (AvgIpc) is 2.73. The van der Waals surface area contributed by atoms with Crippen LogP contribution in [0.4, 0.5) is 0 Å². The molecule has 0 aliphatic heterocycles. The number of carboxylic acids is 1. The molecule has 0 aromatic carbocycles. The number of ether oxygens (including phenoxy) is 1. The third-order valence-electron chi connectivity index (χ3n) is 3.56. The highest BCUT2D eigenvalue weighted by molar-refractivity contribution is 5.84. The number of hydrogen-bond acceptors (Lipinski definition) is 3. The van der Waals surface area contributed by atoms with Crippen molar-refractivity contribution in [3.63, 3.8) is 0 Å². The zero-order chi connectivity index (χ0) is 13.1. The van der Waals surface area contributed by atoms with Gasteiger partial charge in [0.15, 0.2) is 0 Å². The highest BCUT2D eigenvalue weighted by atomic mass is 16.5. The molecule has 0 aromatic heterocycles. The Kier molecular flexibility index (Phi) is 4.51. The predicted octanol–water partition coefficient (Wildman–Crippen LogP) is 1.03. The van der Waals surface area contributed by atoms with Gasteiger partial charge in [-0.1, -0.05) is 6.42 Å². The molecule has 0 radical (unpaired) electrons. The van der Waals surface area contributed by atoms with Gasteiger partial charge in [0.05, 0.1) is 5.92 Å². The smallest absolute Gasteiger partial charge is 0.306 e. The molecule has 1 rings (SSSR count). The van der Waals surface area contributed by atoms with Gasteiger partial charge in [-0.15, -0.1) is 0 Å². The molecule has 1 aliphatic carbocycles. The number of methoxy groups -OCH3 is 1. The summed E-state index contributed by atoms with van der Waals surface area (Å²) < 4.78 is 5.06. The number of aliphatic carboxylic acids is 1. The van der Waals surface area contributed by atoms with Gasteiger partial charge in [0.1, 0.15) is 5.60 Å². The quantitative estimate of drug-likeness (QED) is 0.756. The maximum absolute atomic E-state index is 11.7. The Labute approximate surface area is 102 Å². The van der Waals surface area contributed by atoms with Crippen molar-refractivity contribution in [2.45, 2.75) is 38.7 Å². The van der Waals surface area contributed by atoms with Crippen LogP contribution in [0, 0.1) is 11.8 Å². The molecule has 2 N–H and O–H groups in total. The Balaban J connectivity index is 2.46. The van der Waals surface area contributed by atoms with Crippen molar-refractivity contribution in [1.29, 1.82) is 0 Å². The molecule has 0 saturated heterocycles. The zero-order valence-corrected chi connectivity index (χ0v) is 10.7. The molecule has 1 fully saturated rings. The summed E-state index contributed by atoms with van der Waals surface area (Å²) in [5.41, 5.74) is -0.864. The molecule has 17 heavy (non-hydrogen) atoms. The number of amides is 1. The number of rotatable bonds is 5. The van der Waals surface area contributed by atoms with E-state index in [0.717, 1.165) is 12.8 Å². The summed E-state index contributed by atoms with van der Waals surface area (Å²) in [7, 11) is 1.48. The second kappa shape index (κ2) is 5.49. The van der Waals surface area contributed by atoms with Gasteiger partial charge in [0, 0.05) is 13.7 Å². The predicted molar refractivity (Wildman–Crippen MR) is 62.6 cm³/mol. The Bertz CT molecular complexity index is 301. The van der Waals surface area contributed by atoms with Crippen molar-refractivity contribution in [2.75, 3.05) is 13.7 Å². The maximum Gasteiger partial charge on any atom is 0.306 e. The van der Waals surface area contributed by atoms with Gasteiger partial charge in [0.25, 0.3) is 5.91 Å². The summed E-state index contributed by atoms with van der Waals surface area (Å²) in [5.74, 6) is -1.23. The van der Waals surface area contributed by atoms with Gasteiger partial charge < -0.3 is 15.2 Å². The van der Waals surface area contributed by atoms with Crippen LogP contribution in [0.1, 0.15) is 33.1 Å². The van der Waals surface area contributed by atoms with Crippen LogP contribution in [0.25, 0.3) is 0 Å². The van der Waals surface area contributed by atoms with E-state index in [-0.39, 0.29) is 17.7 Å². The van der Waals surface area contributed by atoms with Gasteiger partial charge in [-0.2, -0.15) is 0 Å².